The Morgan fingerprint density at radius 3 is 2.30 bits per heavy atom. The van der Waals surface area contributed by atoms with Crippen LogP contribution in [0.3, 0.4) is 0 Å². The maximum absolute atomic E-state index is 13.3. The SMILES string of the molecule is O=C(/C=C\c1cnn(-c2ccccc2)c1)NC(c1ccccc1)C(F)(F)F. The van der Waals surface area contributed by atoms with Crippen molar-refractivity contribution >= 4 is 12.0 Å². The summed E-state index contributed by atoms with van der Waals surface area (Å²) >= 11 is 0. The quantitative estimate of drug-likeness (QED) is 0.680. The molecule has 0 spiro atoms. The second-order valence-corrected chi connectivity index (χ2v) is 5.78. The molecular weight excluding hydrogens is 355 g/mol. The zero-order chi connectivity index (χ0) is 19.3. The number of para-hydroxylation sites is 1. The van der Waals surface area contributed by atoms with Gasteiger partial charge in [0.05, 0.1) is 11.9 Å². The van der Waals surface area contributed by atoms with Gasteiger partial charge in [0.15, 0.2) is 6.04 Å². The molecule has 0 saturated carbocycles. The fourth-order valence-corrected chi connectivity index (χ4v) is 2.51. The summed E-state index contributed by atoms with van der Waals surface area (Å²) in [4.78, 5) is 12.0. The van der Waals surface area contributed by atoms with Crippen LogP contribution in [-0.4, -0.2) is 21.9 Å². The first-order chi connectivity index (χ1) is 12.9. The van der Waals surface area contributed by atoms with Crippen molar-refractivity contribution in [2.75, 3.05) is 0 Å². The molecule has 0 saturated heterocycles. The monoisotopic (exact) mass is 371 g/mol. The molecular formula is C20H16F3N3O. The normalized spacial score (nSPS) is 12.9. The number of halogens is 3. The lowest BCUT2D eigenvalue weighted by molar-refractivity contribution is -0.162. The summed E-state index contributed by atoms with van der Waals surface area (Å²) in [5.41, 5.74) is 1.41. The zero-order valence-corrected chi connectivity index (χ0v) is 14.1. The van der Waals surface area contributed by atoms with Gasteiger partial charge in [-0.3, -0.25) is 4.79 Å². The van der Waals surface area contributed by atoms with Crippen LogP contribution in [0.25, 0.3) is 11.8 Å². The van der Waals surface area contributed by atoms with E-state index in [9.17, 15) is 18.0 Å². The van der Waals surface area contributed by atoms with Gasteiger partial charge in [-0.25, -0.2) is 4.68 Å². The molecule has 1 N–H and O–H groups in total. The van der Waals surface area contributed by atoms with E-state index in [0.29, 0.717) is 5.56 Å². The summed E-state index contributed by atoms with van der Waals surface area (Å²) < 4.78 is 41.4. The second kappa shape index (κ2) is 7.90. The lowest BCUT2D eigenvalue weighted by Crippen LogP contribution is -2.37. The fourth-order valence-electron chi connectivity index (χ4n) is 2.51. The van der Waals surface area contributed by atoms with E-state index in [1.165, 1.54) is 36.5 Å². The second-order valence-electron chi connectivity index (χ2n) is 5.78. The summed E-state index contributed by atoms with van der Waals surface area (Å²) in [7, 11) is 0. The van der Waals surface area contributed by atoms with Crippen LogP contribution in [0.15, 0.2) is 79.1 Å². The maximum Gasteiger partial charge on any atom is 0.412 e. The van der Waals surface area contributed by atoms with Gasteiger partial charge in [-0.15, -0.1) is 0 Å². The van der Waals surface area contributed by atoms with Crippen LogP contribution in [0.2, 0.25) is 0 Å². The number of alkyl halides is 3. The molecule has 138 valence electrons. The molecule has 0 aliphatic rings. The van der Waals surface area contributed by atoms with E-state index in [1.54, 1.807) is 16.9 Å². The lowest BCUT2D eigenvalue weighted by Gasteiger charge is -2.21. The zero-order valence-electron chi connectivity index (χ0n) is 14.1. The molecule has 0 aliphatic carbocycles. The Balaban J connectivity index is 1.70. The number of nitrogens with one attached hydrogen (secondary N) is 1. The predicted octanol–water partition coefficient (Wildman–Crippen LogP) is 4.31. The van der Waals surface area contributed by atoms with E-state index in [-0.39, 0.29) is 5.56 Å². The third kappa shape index (κ3) is 4.84. The molecule has 0 bridgehead atoms. The lowest BCUT2D eigenvalue weighted by atomic mass is 10.1. The van der Waals surface area contributed by atoms with Gasteiger partial charge in [0.25, 0.3) is 0 Å². The highest BCUT2D eigenvalue weighted by Crippen LogP contribution is 2.32. The Bertz CT molecular complexity index is 918. The number of amides is 1. The van der Waals surface area contributed by atoms with Crippen molar-refractivity contribution in [3.8, 4) is 5.69 Å². The summed E-state index contributed by atoms with van der Waals surface area (Å²) in [6.07, 6.45) is 1.09. The minimum atomic E-state index is -4.59. The molecule has 3 rings (SSSR count). The smallest absolute Gasteiger partial charge is 0.337 e. The van der Waals surface area contributed by atoms with Gasteiger partial charge >= 0.3 is 6.18 Å². The molecule has 1 aromatic heterocycles. The van der Waals surface area contributed by atoms with Crippen molar-refractivity contribution in [3.05, 3.63) is 90.3 Å². The van der Waals surface area contributed by atoms with Crippen molar-refractivity contribution in [2.45, 2.75) is 12.2 Å². The largest absolute Gasteiger partial charge is 0.412 e. The van der Waals surface area contributed by atoms with Crippen molar-refractivity contribution in [2.24, 2.45) is 0 Å². The summed E-state index contributed by atoms with van der Waals surface area (Å²) in [6, 6.07) is 14.5. The molecule has 1 heterocycles. The molecule has 0 fully saturated rings. The summed E-state index contributed by atoms with van der Waals surface area (Å²) in [5.74, 6) is -0.839. The van der Waals surface area contributed by atoms with Crippen LogP contribution in [0.5, 0.6) is 0 Å². The molecule has 2 aromatic carbocycles. The Morgan fingerprint density at radius 2 is 1.67 bits per heavy atom. The molecule has 1 atom stereocenters. The maximum atomic E-state index is 13.3. The van der Waals surface area contributed by atoms with Gasteiger partial charge in [-0.2, -0.15) is 18.3 Å². The van der Waals surface area contributed by atoms with Gasteiger partial charge in [0.1, 0.15) is 0 Å². The Hall–Kier alpha value is -3.35. The van der Waals surface area contributed by atoms with Gasteiger partial charge in [-0.05, 0) is 23.8 Å². The number of hydrogen-bond acceptors (Lipinski definition) is 2. The third-order valence-electron chi connectivity index (χ3n) is 3.80. The number of benzene rings is 2. The fraction of sp³-hybridized carbons (Fsp3) is 0.100. The van der Waals surface area contributed by atoms with Crippen LogP contribution >= 0.6 is 0 Å². The molecule has 1 unspecified atom stereocenters. The van der Waals surface area contributed by atoms with E-state index >= 15 is 0 Å². The summed E-state index contributed by atoms with van der Waals surface area (Å²) in [5, 5.41) is 6.17. The van der Waals surface area contributed by atoms with Crippen molar-refractivity contribution in [3.63, 3.8) is 0 Å². The molecule has 1 amide bonds. The van der Waals surface area contributed by atoms with E-state index in [4.69, 9.17) is 0 Å². The van der Waals surface area contributed by atoms with Crippen molar-refractivity contribution in [1.82, 2.24) is 15.1 Å². The van der Waals surface area contributed by atoms with Crippen LogP contribution < -0.4 is 5.32 Å². The molecule has 0 aliphatic heterocycles. The number of carbonyl (C=O) groups is 1. The van der Waals surface area contributed by atoms with Gasteiger partial charge in [0.2, 0.25) is 5.91 Å². The number of carbonyl (C=O) groups excluding carboxylic acids is 1. The molecule has 27 heavy (non-hydrogen) atoms. The third-order valence-corrected chi connectivity index (χ3v) is 3.80. The minimum absolute atomic E-state index is 0.0244. The number of aromatic nitrogens is 2. The first kappa shape index (κ1) is 18.4. The number of rotatable bonds is 5. The van der Waals surface area contributed by atoms with Gasteiger partial charge in [0, 0.05) is 17.8 Å². The minimum Gasteiger partial charge on any atom is -0.337 e. The molecule has 7 heteroatoms. The molecule has 4 nitrogen and oxygen atoms in total. The molecule has 0 radical (unpaired) electrons. The van der Waals surface area contributed by atoms with E-state index in [0.717, 1.165) is 11.8 Å². The van der Waals surface area contributed by atoms with Gasteiger partial charge < -0.3 is 5.32 Å². The topological polar surface area (TPSA) is 46.9 Å². The first-order valence-corrected chi connectivity index (χ1v) is 8.14. The summed E-state index contributed by atoms with van der Waals surface area (Å²) in [6.45, 7) is 0. The van der Waals surface area contributed by atoms with Gasteiger partial charge in [-0.1, -0.05) is 48.5 Å². The van der Waals surface area contributed by atoms with E-state index in [1.807, 2.05) is 35.6 Å². The van der Waals surface area contributed by atoms with Crippen molar-refractivity contribution < 1.29 is 18.0 Å². The predicted molar refractivity (Wildman–Crippen MR) is 96.0 cm³/mol. The first-order valence-electron chi connectivity index (χ1n) is 8.14. The van der Waals surface area contributed by atoms with Crippen LogP contribution in [-0.2, 0) is 4.79 Å². The Kier molecular flexibility index (Phi) is 5.40. The highest BCUT2D eigenvalue weighted by atomic mass is 19.4. The van der Waals surface area contributed by atoms with E-state index in [2.05, 4.69) is 5.10 Å². The van der Waals surface area contributed by atoms with E-state index < -0.39 is 18.1 Å². The number of hydrogen-bond donors (Lipinski definition) is 1. The average molecular weight is 371 g/mol. The van der Waals surface area contributed by atoms with Crippen molar-refractivity contribution in [1.29, 1.82) is 0 Å². The Morgan fingerprint density at radius 1 is 1.04 bits per heavy atom. The standard InChI is InChI=1S/C20H16F3N3O/c21-20(22,23)19(16-7-3-1-4-8-16)25-18(27)12-11-15-13-24-26(14-15)17-9-5-2-6-10-17/h1-14,19H,(H,25,27)/b12-11-. The highest BCUT2D eigenvalue weighted by molar-refractivity contribution is 5.92. The highest BCUT2D eigenvalue weighted by Gasteiger charge is 2.41. The molecule has 3 aromatic rings. The Labute approximate surface area is 153 Å². The van der Waals surface area contributed by atoms with Crippen LogP contribution in [0.4, 0.5) is 13.2 Å². The van der Waals surface area contributed by atoms with Crippen LogP contribution in [0.1, 0.15) is 17.2 Å². The average Bonchev–Trinajstić information content (AvgIpc) is 3.14. The number of nitrogens with zero attached hydrogens (tertiary/aromatic N) is 2. The van der Waals surface area contributed by atoms with Crippen LogP contribution in [0, 0.1) is 0 Å².